The minimum absolute atomic E-state index is 0.0203. The largest absolute Gasteiger partial charge is 0.460 e. The summed E-state index contributed by atoms with van der Waals surface area (Å²) < 4.78 is 32.5. The summed E-state index contributed by atoms with van der Waals surface area (Å²) in [6.07, 6.45) is 4.76. The molecule has 11 atom stereocenters. The number of benzene rings is 4. The van der Waals surface area contributed by atoms with E-state index in [0.29, 0.717) is 23.0 Å². The summed E-state index contributed by atoms with van der Waals surface area (Å²) in [5.74, 6) is -2.23. The maximum Gasteiger partial charge on any atom is 0.327 e. The summed E-state index contributed by atoms with van der Waals surface area (Å²) in [6, 6.07) is 32.6. The number of carbonyl (C=O) groups excluding carboxylic acids is 4. The van der Waals surface area contributed by atoms with Gasteiger partial charge in [0.2, 0.25) is 11.7 Å². The van der Waals surface area contributed by atoms with Gasteiger partial charge in [-0.2, -0.15) is 5.06 Å². The number of nitrogens with zero attached hydrogens (tertiary/aromatic N) is 1. The van der Waals surface area contributed by atoms with E-state index in [4.69, 9.17) is 28.5 Å². The predicted molar refractivity (Wildman–Crippen MR) is 278 cm³/mol. The number of carbonyl (C=O) groups is 4. The maximum atomic E-state index is 15.5. The van der Waals surface area contributed by atoms with Gasteiger partial charge in [-0.1, -0.05) is 123 Å². The minimum atomic E-state index is -1.49. The lowest BCUT2D eigenvalue weighted by Gasteiger charge is -2.53. The second-order valence-corrected chi connectivity index (χ2v) is 23.9. The van der Waals surface area contributed by atoms with E-state index in [1.165, 1.54) is 5.57 Å². The molecule has 14 nitrogen and oxygen atoms in total. The van der Waals surface area contributed by atoms with Crippen LogP contribution in [-0.4, -0.2) is 94.3 Å². The Labute approximate surface area is 439 Å². The van der Waals surface area contributed by atoms with Crippen molar-refractivity contribution < 1.29 is 52.8 Å². The third-order valence-corrected chi connectivity index (χ3v) is 17.3. The molecule has 2 bridgehead atoms. The molecule has 14 heteroatoms. The average molecular weight is 1020 g/mol. The molecule has 4 aliphatic heterocycles. The molecule has 2 amide bonds. The monoisotopic (exact) mass is 1020 g/mol. The Bertz CT molecular complexity index is 2810. The van der Waals surface area contributed by atoms with Gasteiger partial charge in [0.1, 0.15) is 35.4 Å². The number of epoxide rings is 1. The van der Waals surface area contributed by atoms with E-state index in [1.807, 2.05) is 72.8 Å². The summed E-state index contributed by atoms with van der Waals surface area (Å²) in [4.78, 5) is 63.5. The first-order valence-corrected chi connectivity index (χ1v) is 27.0. The molecule has 75 heavy (non-hydrogen) atoms. The standard InChI is InChI=1S/C61H71N3O11/c1-57(2,3)72-49(66)27-25-44(36-65)63-54(67)40-19-15-16-37(30-40)34-62-56(69)60-33-47-50-51(74-61(73-50,42-20-9-7-10-21-42)43-22-11-8-12-23-43)53(60)75-64(52(60)55(68)70-47)35-41-18-14-13-17-38(41)31-39-24-26-48-59(6,71-48)29-28-46-45(39)32-58(46,4)5/h7-23,30-31,44-48,50-53,65H,24-29,32-36H2,1-6H3,(H,62,69)(H,63,67). The Morgan fingerprint density at radius 3 is 2.28 bits per heavy atom. The van der Waals surface area contributed by atoms with Crippen molar-refractivity contribution in [3.63, 3.8) is 0 Å². The van der Waals surface area contributed by atoms with E-state index >= 15 is 4.79 Å². The lowest BCUT2D eigenvalue weighted by Crippen LogP contribution is -2.69. The number of allylic oxidation sites excluding steroid dienone is 1. The normalized spacial score (nSPS) is 31.9. The quantitative estimate of drug-likeness (QED) is 0.0814. The third-order valence-electron chi connectivity index (χ3n) is 17.3. The molecule has 0 radical (unpaired) electrons. The molecule has 11 rings (SSSR count). The topological polar surface area (TPSA) is 174 Å². The zero-order valence-corrected chi connectivity index (χ0v) is 43.9. The van der Waals surface area contributed by atoms with Gasteiger partial charge in [-0.3, -0.25) is 24.0 Å². The highest BCUT2D eigenvalue weighted by Gasteiger charge is 2.76. The van der Waals surface area contributed by atoms with Crippen LogP contribution in [0.1, 0.15) is 131 Å². The number of hydrogen-bond acceptors (Lipinski definition) is 12. The number of fused-ring (bicyclic) bond motifs is 6. The Balaban J connectivity index is 0.897. The summed E-state index contributed by atoms with van der Waals surface area (Å²) in [5.41, 5.74) is 3.92. The Kier molecular flexibility index (Phi) is 13.5. The van der Waals surface area contributed by atoms with E-state index in [2.05, 4.69) is 49.6 Å². The fraction of sp³-hybridized carbons (Fsp3) is 0.508. The predicted octanol–water partition coefficient (Wildman–Crippen LogP) is 8.48. The molecule has 3 saturated carbocycles. The van der Waals surface area contributed by atoms with Crippen molar-refractivity contribution in [1.29, 1.82) is 0 Å². The number of aliphatic hydroxyl groups is 1. The van der Waals surface area contributed by atoms with E-state index in [9.17, 15) is 19.5 Å². The Hall–Kier alpha value is -5.74. The molecule has 11 unspecified atom stereocenters. The van der Waals surface area contributed by atoms with Crippen LogP contribution >= 0.6 is 0 Å². The van der Waals surface area contributed by atoms with Crippen molar-refractivity contribution in [3.8, 4) is 0 Å². The number of hydroxylamine groups is 2. The van der Waals surface area contributed by atoms with Crippen molar-refractivity contribution in [2.45, 2.75) is 166 Å². The van der Waals surface area contributed by atoms with Gasteiger partial charge in [0.25, 0.3) is 5.91 Å². The molecule has 0 aromatic heterocycles. The first kappa shape index (κ1) is 51.4. The van der Waals surface area contributed by atoms with Crippen molar-refractivity contribution in [3.05, 3.63) is 148 Å². The molecule has 4 aromatic carbocycles. The first-order chi connectivity index (χ1) is 35.9. The molecular weight excluding hydrogens is 951 g/mol. The third kappa shape index (κ3) is 9.65. The fourth-order valence-electron chi connectivity index (χ4n) is 13.4. The fourth-order valence-corrected chi connectivity index (χ4v) is 13.4. The van der Waals surface area contributed by atoms with Crippen LogP contribution in [-0.2, 0) is 61.8 Å². The summed E-state index contributed by atoms with van der Waals surface area (Å²) in [7, 11) is 0. The van der Waals surface area contributed by atoms with Crippen LogP contribution in [0.3, 0.4) is 0 Å². The second kappa shape index (κ2) is 19.7. The highest BCUT2D eigenvalue weighted by Crippen LogP contribution is 2.61. The number of amides is 2. The van der Waals surface area contributed by atoms with Gasteiger partial charge in [-0.05, 0) is 112 Å². The lowest BCUT2D eigenvalue weighted by molar-refractivity contribution is -0.213. The number of esters is 2. The first-order valence-electron chi connectivity index (χ1n) is 27.0. The zero-order valence-electron chi connectivity index (χ0n) is 43.9. The number of hydrogen-bond donors (Lipinski definition) is 3. The van der Waals surface area contributed by atoms with E-state index in [1.54, 1.807) is 50.1 Å². The Morgan fingerprint density at radius 1 is 0.867 bits per heavy atom. The highest BCUT2D eigenvalue weighted by atomic mass is 16.8. The molecule has 3 aliphatic carbocycles. The minimum Gasteiger partial charge on any atom is -0.460 e. The van der Waals surface area contributed by atoms with Gasteiger partial charge in [0.05, 0.1) is 30.9 Å². The molecular formula is C61H71N3O11. The average Bonchev–Trinajstić information content (AvgIpc) is 3.75. The van der Waals surface area contributed by atoms with Crippen LogP contribution in [0.5, 0.6) is 0 Å². The van der Waals surface area contributed by atoms with Crippen LogP contribution in [0.4, 0.5) is 0 Å². The second-order valence-electron chi connectivity index (χ2n) is 23.9. The summed E-state index contributed by atoms with van der Waals surface area (Å²) in [6.45, 7) is 12.2. The van der Waals surface area contributed by atoms with E-state index in [-0.39, 0.29) is 56.1 Å². The van der Waals surface area contributed by atoms with Crippen LogP contribution in [0.25, 0.3) is 6.08 Å². The summed E-state index contributed by atoms with van der Waals surface area (Å²) in [5, 5.41) is 17.8. The van der Waals surface area contributed by atoms with Crippen LogP contribution in [0.2, 0.25) is 0 Å². The van der Waals surface area contributed by atoms with Crippen molar-refractivity contribution in [2.75, 3.05) is 6.61 Å². The van der Waals surface area contributed by atoms with Gasteiger partial charge in [-0.15, -0.1) is 0 Å². The zero-order chi connectivity index (χ0) is 52.5. The van der Waals surface area contributed by atoms with Crippen molar-refractivity contribution >= 4 is 29.8 Å². The molecule has 4 heterocycles. The summed E-state index contributed by atoms with van der Waals surface area (Å²) >= 11 is 0. The molecule has 7 fully saturated rings. The molecule has 4 aromatic rings. The van der Waals surface area contributed by atoms with Gasteiger partial charge in [0, 0.05) is 36.1 Å². The lowest BCUT2D eigenvalue weighted by atomic mass is 9.52. The van der Waals surface area contributed by atoms with Crippen LogP contribution < -0.4 is 10.6 Å². The Morgan fingerprint density at radius 2 is 1.57 bits per heavy atom. The van der Waals surface area contributed by atoms with Crippen LogP contribution in [0.15, 0.2) is 115 Å². The smallest absolute Gasteiger partial charge is 0.327 e. The number of rotatable bonds is 14. The number of nitrogens with one attached hydrogen (secondary N) is 2. The van der Waals surface area contributed by atoms with Gasteiger partial charge >= 0.3 is 11.9 Å². The van der Waals surface area contributed by atoms with E-state index in [0.717, 1.165) is 54.4 Å². The highest BCUT2D eigenvalue weighted by molar-refractivity contribution is 5.95. The van der Waals surface area contributed by atoms with E-state index < -0.39 is 77.1 Å². The molecule has 4 saturated heterocycles. The van der Waals surface area contributed by atoms with Crippen LogP contribution in [0, 0.1) is 22.7 Å². The maximum absolute atomic E-state index is 15.5. The van der Waals surface area contributed by atoms with Crippen molar-refractivity contribution in [1.82, 2.24) is 15.7 Å². The number of aliphatic hydroxyl groups excluding tert-OH is 1. The van der Waals surface area contributed by atoms with Gasteiger partial charge in [-0.25, -0.2) is 0 Å². The number of ether oxygens (including phenoxy) is 5. The van der Waals surface area contributed by atoms with Crippen molar-refractivity contribution in [2.24, 2.45) is 22.7 Å². The molecule has 0 spiro atoms. The van der Waals surface area contributed by atoms with Gasteiger partial charge in [0.15, 0.2) is 6.04 Å². The molecule has 396 valence electrons. The molecule has 7 aliphatic rings. The SMILES string of the molecule is CC(C)(C)OC(=O)CCC(CO)NC(=O)c1cccc(CNC(=O)C23CC4OC(=O)C2N(Cc2ccccc2C=C2CCC5OC5(C)CCC5C2CC5(C)C)OC3C2OC(c3ccccc3)(c3ccccc3)OC42)c1. The van der Waals surface area contributed by atoms with Gasteiger partial charge < -0.3 is 39.4 Å². The molecule has 3 N–H and O–H groups in total.